The third-order valence-electron chi connectivity index (χ3n) is 6.87. The number of fused-ring (bicyclic) bond motifs is 2. The molecule has 10 heteroatoms. The normalized spacial score (nSPS) is 26.4. The summed E-state index contributed by atoms with van der Waals surface area (Å²) in [6.07, 6.45) is -5.40. The Balaban J connectivity index is 1.43. The van der Waals surface area contributed by atoms with Crippen LogP contribution in [0.2, 0.25) is 0 Å². The van der Waals surface area contributed by atoms with Crippen LogP contribution in [0, 0.1) is 5.82 Å². The number of alkyl halides is 3. The number of benzene rings is 2. The second-order valence-corrected chi connectivity index (χ2v) is 8.75. The zero-order valence-corrected chi connectivity index (χ0v) is 17.8. The predicted octanol–water partition coefficient (Wildman–Crippen LogP) is 4.24. The van der Waals surface area contributed by atoms with Gasteiger partial charge in [0.05, 0.1) is 6.04 Å². The number of imide groups is 1. The molecule has 1 unspecified atom stereocenters. The van der Waals surface area contributed by atoms with E-state index in [4.69, 9.17) is 4.74 Å². The predicted molar refractivity (Wildman–Crippen MR) is 110 cm³/mol. The Morgan fingerprint density at radius 1 is 1.06 bits per heavy atom. The molecule has 3 atom stereocenters. The van der Waals surface area contributed by atoms with Crippen molar-refractivity contribution < 1.29 is 36.7 Å². The Bertz CT molecular complexity index is 1170. The van der Waals surface area contributed by atoms with Gasteiger partial charge in [0.25, 0.3) is 5.91 Å². The van der Waals surface area contributed by atoms with Gasteiger partial charge in [0.15, 0.2) is 0 Å². The third kappa shape index (κ3) is 3.43. The van der Waals surface area contributed by atoms with Gasteiger partial charge in [0.2, 0.25) is 11.5 Å². The van der Waals surface area contributed by atoms with Gasteiger partial charge in [-0.25, -0.2) is 14.1 Å². The molecule has 0 N–H and O–H groups in total. The molecule has 0 radical (unpaired) electrons. The van der Waals surface area contributed by atoms with E-state index in [1.54, 1.807) is 18.2 Å². The number of amides is 3. The van der Waals surface area contributed by atoms with Crippen molar-refractivity contribution in [2.75, 3.05) is 6.54 Å². The van der Waals surface area contributed by atoms with Gasteiger partial charge in [-0.05, 0) is 42.5 Å². The fourth-order valence-electron chi connectivity index (χ4n) is 5.30. The molecular formula is C24H20F4N2O4. The van der Waals surface area contributed by atoms with Gasteiger partial charge in [-0.3, -0.25) is 9.59 Å². The zero-order valence-electron chi connectivity index (χ0n) is 17.8. The molecule has 1 aliphatic carbocycles. The number of hydrogen-bond donors (Lipinski definition) is 0. The van der Waals surface area contributed by atoms with Crippen LogP contribution in [-0.4, -0.2) is 46.5 Å². The van der Waals surface area contributed by atoms with Crippen LogP contribution in [0.25, 0.3) is 0 Å². The largest absolute Gasteiger partial charge is 0.427 e. The highest BCUT2D eigenvalue weighted by atomic mass is 19.4. The topological polar surface area (TPSA) is 66.9 Å². The summed E-state index contributed by atoms with van der Waals surface area (Å²) in [5, 5.41) is 0. The second-order valence-electron chi connectivity index (χ2n) is 8.75. The standard InChI is InChI=1S/C24H20F4N2O4/c25-16-7-5-15(6-8-16)18-9-10-19(24(26,27)28)30(18)20(31)13-29-21(32)23(34-22(29)33)12-11-14-3-1-2-4-17(14)23/h1-8,18-19H,9-13H2/t18-,19+,23?/m0/s1. The molecule has 2 saturated heterocycles. The molecule has 2 aliphatic heterocycles. The summed E-state index contributed by atoms with van der Waals surface area (Å²) in [4.78, 5) is 40.4. The molecule has 178 valence electrons. The van der Waals surface area contributed by atoms with E-state index < -0.39 is 54.1 Å². The van der Waals surface area contributed by atoms with Crippen molar-refractivity contribution in [2.45, 2.75) is 49.5 Å². The van der Waals surface area contributed by atoms with E-state index in [9.17, 15) is 31.9 Å². The second kappa shape index (κ2) is 7.82. The van der Waals surface area contributed by atoms with E-state index in [1.165, 1.54) is 12.1 Å². The summed E-state index contributed by atoms with van der Waals surface area (Å²) in [5.41, 5.74) is 0.156. The molecule has 6 nitrogen and oxygen atoms in total. The summed E-state index contributed by atoms with van der Waals surface area (Å²) in [6.45, 7) is -0.869. The quantitative estimate of drug-likeness (QED) is 0.622. The Hall–Kier alpha value is -3.43. The van der Waals surface area contributed by atoms with Crippen molar-refractivity contribution in [3.05, 3.63) is 71.0 Å². The minimum atomic E-state index is -4.70. The number of nitrogens with zero attached hydrogens (tertiary/aromatic N) is 2. The molecule has 1 spiro atoms. The highest BCUT2D eigenvalue weighted by molar-refractivity contribution is 6.06. The first-order valence-corrected chi connectivity index (χ1v) is 10.9. The van der Waals surface area contributed by atoms with E-state index in [0.29, 0.717) is 27.3 Å². The van der Waals surface area contributed by atoms with Crippen LogP contribution in [0.5, 0.6) is 0 Å². The fourth-order valence-corrected chi connectivity index (χ4v) is 5.30. The average molecular weight is 476 g/mol. The van der Waals surface area contributed by atoms with Crippen molar-refractivity contribution in [2.24, 2.45) is 0 Å². The Morgan fingerprint density at radius 3 is 2.47 bits per heavy atom. The van der Waals surface area contributed by atoms with Crippen LogP contribution in [0.4, 0.5) is 22.4 Å². The molecule has 2 aromatic carbocycles. The number of carbonyl (C=O) groups is 3. The van der Waals surface area contributed by atoms with Crippen LogP contribution in [-0.2, 0) is 26.3 Å². The summed E-state index contributed by atoms with van der Waals surface area (Å²) < 4.78 is 60.1. The number of rotatable bonds is 3. The average Bonchev–Trinajstić information content (AvgIpc) is 3.46. The van der Waals surface area contributed by atoms with Gasteiger partial charge in [-0.15, -0.1) is 0 Å². The van der Waals surface area contributed by atoms with Crippen LogP contribution in [0.15, 0.2) is 48.5 Å². The lowest BCUT2D eigenvalue weighted by Crippen LogP contribution is -2.50. The minimum absolute atomic E-state index is 0.0112. The first-order valence-electron chi connectivity index (χ1n) is 10.9. The number of aryl methyl sites for hydroxylation is 1. The van der Waals surface area contributed by atoms with Crippen LogP contribution in [0.3, 0.4) is 0 Å². The third-order valence-corrected chi connectivity index (χ3v) is 6.87. The lowest BCUT2D eigenvalue weighted by molar-refractivity contribution is -0.186. The number of hydrogen-bond acceptors (Lipinski definition) is 4. The first-order chi connectivity index (χ1) is 16.1. The van der Waals surface area contributed by atoms with Gasteiger partial charge < -0.3 is 9.64 Å². The lowest BCUT2D eigenvalue weighted by Gasteiger charge is -2.32. The van der Waals surface area contributed by atoms with Crippen molar-refractivity contribution in [3.8, 4) is 0 Å². The number of likely N-dealkylation sites (tertiary alicyclic amines) is 1. The van der Waals surface area contributed by atoms with E-state index >= 15 is 0 Å². The molecule has 3 amide bonds. The first kappa shape index (κ1) is 22.4. The maximum atomic E-state index is 13.8. The smallest absolute Gasteiger partial charge is 0.418 e. The summed E-state index contributed by atoms with van der Waals surface area (Å²) in [6, 6.07) is 8.82. The molecule has 0 aromatic heterocycles. The molecular weight excluding hydrogens is 456 g/mol. The van der Waals surface area contributed by atoms with Crippen molar-refractivity contribution >= 4 is 17.9 Å². The van der Waals surface area contributed by atoms with Crippen LogP contribution >= 0.6 is 0 Å². The number of ether oxygens (including phenoxy) is 1. The van der Waals surface area contributed by atoms with Crippen LogP contribution < -0.4 is 0 Å². The maximum Gasteiger partial charge on any atom is 0.418 e. The molecule has 0 bridgehead atoms. The monoisotopic (exact) mass is 476 g/mol. The van der Waals surface area contributed by atoms with Crippen molar-refractivity contribution in [1.29, 1.82) is 0 Å². The molecule has 3 aliphatic rings. The summed E-state index contributed by atoms with van der Waals surface area (Å²) >= 11 is 0. The van der Waals surface area contributed by atoms with E-state index in [0.717, 1.165) is 17.7 Å². The molecule has 0 saturated carbocycles. The molecule has 2 fully saturated rings. The Morgan fingerprint density at radius 2 is 1.76 bits per heavy atom. The van der Waals surface area contributed by atoms with Crippen molar-refractivity contribution in [3.63, 3.8) is 0 Å². The van der Waals surface area contributed by atoms with E-state index in [2.05, 4.69) is 0 Å². The highest BCUT2D eigenvalue weighted by Crippen LogP contribution is 2.46. The SMILES string of the molecule is O=C1OC2(CCc3ccccc32)C(=O)N1CC(=O)N1[C@H](c2ccc(F)cc2)CC[C@@H]1C(F)(F)F. The van der Waals surface area contributed by atoms with Gasteiger partial charge in [0.1, 0.15) is 18.4 Å². The molecule has 2 heterocycles. The zero-order chi connectivity index (χ0) is 24.3. The molecule has 5 rings (SSSR count). The molecule has 2 aromatic rings. The highest BCUT2D eigenvalue weighted by Gasteiger charge is 2.59. The van der Waals surface area contributed by atoms with Crippen molar-refractivity contribution in [1.82, 2.24) is 9.80 Å². The maximum absolute atomic E-state index is 13.8. The minimum Gasteiger partial charge on any atom is -0.427 e. The van der Waals surface area contributed by atoms with Gasteiger partial charge >= 0.3 is 12.3 Å². The number of carbonyl (C=O) groups excluding carboxylic acids is 3. The molecule has 34 heavy (non-hydrogen) atoms. The summed E-state index contributed by atoms with van der Waals surface area (Å²) in [7, 11) is 0. The number of halogens is 4. The van der Waals surface area contributed by atoms with E-state index in [-0.39, 0.29) is 19.3 Å². The summed E-state index contributed by atoms with van der Waals surface area (Å²) in [5.74, 6) is -2.33. The van der Waals surface area contributed by atoms with Gasteiger partial charge in [0, 0.05) is 12.0 Å². The van der Waals surface area contributed by atoms with Crippen LogP contribution in [0.1, 0.15) is 42.0 Å². The Kier molecular flexibility index (Phi) is 5.14. The Labute approximate surface area is 192 Å². The van der Waals surface area contributed by atoms with Gasteiger partial charge in [-0.1, -0.05) is 36.4 Å². The van der Waals surface area contributed by atoms with Gasteiger partial charge in [-0.2, -0.15) is 13.2 Å². The van der Waals surface area contributed by atoms with E-state index in [1.807, 2.05) is 6.07 Å². The lowest BCUT2D eigenvalue weighted by atomic mass is 9.95. The fraction of sp³-hybridized carbons (Fsp3) is 0.375.